The van der Waals surface area contributed by atoms with Gasteiger partial charge in [-0.25, -0.2) is 8.42 Å². The molecule has 0 saturated heterocycles. The van der Waals surface area contributed by atoms with E-state index in [4.69, 9.17) is 0 Å². The highest BCUT2D eigenvalue weighted by Crippen LogP contribution is 2.13. The van der Waals surface area contributed by atoms with Gasteiger partial charge in [-0.05, 0) is 45.4 Å². The van der Waals surface area contributed by atoms with Crippen LogP contribution in [0.15, 0.2) is 0 Å². The number of rotatable bonds is 14. The van der Waals surface area contributed by atoms with Gasteiger partial charge < -0.3 is 9.04 Å². The van der Waals surface area contributed by atoms with Crippen LogP contribution in [0.2, 0.25) is 0 Å². The number of hydrogen-bond donors (Lipinski definition) is 0. The van der Waals surface area contributed by atoms with Crippen LogP contribution in [0.25, 0.3) is 0 Å². The molecule has 0 aliphatic heterocycles. The van der Waals surface area contributed by atoms with Crippen molar-refractivity contribution in [1.29, 1.82) is 0 Å². The van der Waals surface area contributed by atoms with E-state index < -0.39 is 10.4 Å². The Labute approximate surface area is 151 Å². The first-order valence-corrected chi connectivity index (χ1v) is 11.0. The van der Waals surface area contributed by atoms with Crippen LogP contribution in [0.5, 0.6) is 0 Å². The number of quaternary nitrogens is 1. The lowest BCUT2D eigenvalue weighted by molar-refractivity contribution is -0.910. The van der Waals surface area contributed by atoms with Crippen LogP contribution in [0.4, 0.5) is 0 Å². The molecule has 0 aliphatic carbocycles. The second-order valence-corrected chi connectivity index (χ2v) is 7.78. The van der Waals surface area contributed by atoms with Crippen molar-refractivity contribution in [2.75, 3.05) is 33.3 Å². The average molecular weight is 368 g/mol. The summed E-state index contributed by atoms with van der Waals surface area (Å²) in [6.07, 6.45) is 12.6. The van der Waals surface area contributed by atoms with Crippen LogP contribution < -0.4 is 0 Å². The molecule has 5 nitrogen and oxygen atoms in total. The van der Waals surface area contributed by atoms with Gasteiger partial charge in [0.2, 0.25) is 10.4 Å². The molecule has 0 aromatic carbocycles. The molecule has 24 heavy (non-hydrogen) atoms. The van der Waals surface area contributed by atoms with Crippen molar-refractivity contribution in [3.05, 3.63) is 0 Å². The topological polar surface area (TPSA) is 66.4 Å². The summed E-state index contributed by atoms with van der Waals surface area (Å²) < 4.78 is 33.3. The van der Waals surface area contributed by atoms with Crippen molar-refractivity contribution < 1.29 is 21.6 Å². The van der Waals surface area contributed by atoms with Crippen molar-refractivity contribution in [3.8, 4) is 0 Å². The Morgan fingerprint density at radius 3 is 1.25 bits per heavy atom. The van der Waals surface area contributed by atoms with Crippen molar-refractivity contribution >= 4 is 10.4 Å². The monoisotopic (exact) mass is 367 g/mol. The highest BCUT2D eigenvalue weighted by atomic mass is 32.3. The molecule has 6 heteroatoms. The zero-order chi connectivity index (χ0) is 18.9. The number of unbranched alkanes of at least 4 members (excludes halogenated alkanes) is 6. The molecule has 0 saturated carbocycles. The molecule has 0 atom stereocenters. The van der Waals surface area contributed by atoms with Crippen LogP contribution in [-0.2, 0) is 14.6 Å². The first-order valence-electron chi connectivity index (χ1n) is 9.68. The third-order valence-electron chi connectivity index (χ3n) is 4.17. The maximum absolute atomic E-state index is 9.45. The molecule has 0 radical (unpaired) electrons. The minimum absolute atomic E-state index is 0.0914. The summed E-state index contributed by atoms with van der Waals surface area (Å²) in [7, 11) is -1.94. The highest BCUT2D eigenvalue weighted by molar-refractivity contribution is 7.80. The number of hydrogen-bond acceptors (Lipinski definition) is 4. The summed E-state index contributed by atoms with van der Waals surface area (Å²) in [6, 6.07) is 0. The molecular weight excluding hydrogens is 326 g/mol. The van der Waals surface area contributed by atoms with E-state index in [0.717, 1.165) is 0 Å². The van der Waals surface area contributed by atoms with E-state index in [1.165, 1.54) is 88.8 Å². The normalized spacial score (nSPS) is 11.9. The van der Waals surface area contributed by atoms with Crippen molar-refractivity contribution in [1.82, 2.24) is 0 Å². The molecular formula is C18H41NO4S. The van der Waals surface area contributed by atoms with E-state index in [1.807, 2.05) is 0 Å². The third-order valence-corrected chi connectivity index (χ3v) is 4.69. The zero-order valence-electron chi connectivity index (χ0n) is 16.7. The van der Waals surface area contributed by atoms with Gasteiger partial charge in [0, 0.05) is 0 Å². The van der Waals surface area contributed by atoms with Crippen LogP contribution in [0.3, 0.4) is 0 Å². The molecule has 0 aromatic heterocycles. The van der Waals surface area contributed by atoms with E-state index in [-0.39, 0.29) is 6.61 Å². The Morgan fingerprint density at radius 2 is 1.08 bits per heavy atom. The van der Waals surface area contributed by atoms with Gasteiger partial charge >= 0.3 is 0 Å². The predicted octanol–water partition coefficient (Wildman–Crippen LogP) is 4.49. The lowest BCUT2D eigenvalue weighted by Crippen LogP contribution is -2.46. The summed E-state index contributed by atoms with van der Waals surface area (Å²) in [5.74, 6) is 0. The van der Waals surface area contributed by atoms with Crippen LogP contribution in [-0.4, -0.2) is 50.7 Å². The Morgan fingerprint density at radius 1 is 0.750 bits per heavy atom. The highest BCUT2D eigenvalue weighted by Gasteiger charge is 2.19. The first-order chi connectivity index (χ1) is 11.2. The van der Waals surface area contributed by atoms with Crippen molar-refractivity contribution in [3.63, 3.8) is 0 Å². The average Bonchev–Trinajstić information content (AvgIpc) is 2.48. The van der Waals surface area contributed by atoms with Gasteiger partial charge in [-0.3, -0.25) is 4.18 Å². The minimum Gasteiger partial charge on any atom is -0.726 e. The molecule has 0 spiro atoms. The molecule has 0 aromatic rings. The van der Waals surface area contributed by atoms with Crippen LogP contribution in [0.1, 0.15) is 85.5 Å². The molecule has 0 heterocycles. The maximum atomic E-state index is 9.45. The standard InChI is InChI=1S/C16H36N.C2H6O4S/c1-5-8-11-14-17(4,15-12-9-6-2)16-13-10-7-3;1-2-6-7(3,4)5/h5-16H2,1-4H3;2H2,1H3,(H,3,4,5)/q+1;/p-1. The molecule has 148 valence electrons. The van der Waals surface area contributed by atoms with Gasteiger partial charge in [-0.1, -0.05) is 40.0 Å². The summed E-state index contributed by atoms with van der Waals surface area (Å²) >= 11 is 0. The zero-order valence-corrected chi connectivity index (χ0v) is 17.5. The first kappa shape index (κ1) is 26.1. The third kappa shape index (κ3) is 19.9. The molecule has 0 N–H and O–H groups in total. The molecule has 0 aliphatic rings. The van der Waals surface area contributed by atoms with Gasteiger partial charge in [0.05, 0.1) is 33.3 Å². The van der Waals surface area contributed by atoms with Gasteiger partial charge in [0.1, 0.15) is 0 Å². The quantitative estimate of drug-likeness (QED) is 0.196. The van der Waals surface area contributed by atoms with Gasteiger partial charge in [0.15, 0.2) is 0 Å². The maximum Gasteiger partial charge on any atom is 0.217 e. The molecule has 0 amide bonds. The second-order valence-electron chi connectivity index (χ2n) is 6.73. The fourth-order valence-electron chi connectivity index (χ4n) is 2.71. The van der Waals surface area contributed by atoms with E-state index in [1.54, 1.807) is 0 Å². The largest absolute Gasteiger partial charge is 0.726 e. The molecule has 0 fully saturated rings. The Balaban J connectivity index is 0. The Bertz CT molecular complexity index is 332. The van der Waals surface area contributed by atoms with E-state index in [2.05, 4.69) is 32.0 Å². The number of nitrogens with zero attached hydrogens (tertiary/aromatic N) is 1. The lowest BCUT2D eigenvalue weighted by atomic mass is 10.1. The van der Waals surface area contributed by atoms with Crippen LogP contribution >= 0.6 is 0 Å². The van der Waals surface area contributed by atoms with Gasteiger partial charge in [-0.15, -0.1) is 0 Å². The SMILES string of the molecule is CCCCC[N+](C)(CCCCC)CCCCC.CCOS(=O)(=O)[O-]. The van der Waals surface area contributed by atoms with E-state index in [0.29, 0.717) is 0 Å². The van der Waals surface area contributed by atoms with Crippen molar-refractivity contribution in [2.45, 2.75) is 85.5 Å². The van der Waals surface area contributed by atoms with E-state index >= 15 is 0 Å². The van der Waals surface area contributed by atoms with E-state index in [9.17, 15) is 13.0 Å². The fraction of sp³-hybridized carbons (Fsp3) is 1.00. The summed E-state index contributed by atoms with van der Waals surface area (Å²) in [5, 5.41) is 0. The fourth-order valence-corrected chi connectivity index (χ4v) is 3.00. The predicted molar refractivity (Wildman–Crippen MR) is 101 cm³/mol. The Hall–Kier alpha value is -0.170. The van der Waals surface area contributed by atoms with Gasteiger partial charge in [-0.2, -0.15) is 0 Å². The second kappa shape index (κ2) is 16.3. The van der Waals surface area contributed by atoms with Gasteiger partial charge in [0.25, 0.3) is 0 Å². The summed E-state index contributed by atoms with van der Waals surface area (Å²) in [5.41, 5.74) is 0. The van der Waals surface area contributed by atoms with Crippen molar-refractivity contribution in [2.24, 2.45) is 0 Å². The Kier molecular flexibility index (Phi) is 17.7. The summed E-state index contributed by atoms with van der Waals surface area (Å²) in [6.45, 7) is 12.5. The summed E-state index contributed by atoms with van der Waals surface area (Å²) in [4.78, 5) is 0. The van der Waals surface area contributed by atoms with Crippen LogP contribution in [0, 0.1) is 0 Å². The minimum atomic E-state index is -4.42. The molecule has 0 unspecified atom stereocenters. The smallest absolute Gasteiger partial charge is 0.217 e. The molecule has 0 bridgehead atoms. The molecule has 0 rings (SSSR count). The lowest BCUT2D eigenvalue weighted by Gasteiger charge is -2.35.